The number of fused-ring (bicyclic) bond motifs is 1. The molecule has 128 valence electrons. The van der Waals surface area contributed by atoms with Crippen molar-refractivity contribution in [3.05, 3.63) is 81.8 Å². The minimum Gasteiger partial charge on any atom is -0.303 e. The van der Waals surface area contributed by atoms with Crippen LogP contribution in [0.3, 0.4) is 0 Å². The molecule has 0 aromatic heterocycles. The molecule has 3 aromatic rings. The lowest BCUT2D eigenvalue weighted by Crippen LogP contribution is -2.14. The zero-order chi connectivity index (χ0) is 18.4. The van der Waals surface area contributed by atoms with Crippen LogP contribution in [-0.2, 0) is 4.79 Å². The van der Waals surface area contributed by atoms with Crippen LogP contribution in [0.5, 0.6) is 0 Å². The molecule has 5 heteroatoms. The summed E-state index contributed by atoms with van der Waals surface area (Å²) in [7, 11) is 0. The average molecular weight is 398 g/mol. The average Bonchev–Trinajstić information content (AvgIpc) is 2.86. The van der Waals surface area contributed by atoms with E-state index in [1.807, 2.05) is 42.5 Å². The van der Waals surface area contributed by atoms with E-state index in [1.165, 1.54) is 0 Å². The van der Waals surface area contributed by atoms with E-state index in [-0.39, 0.29) is 11.5 Å². The van der Waals surface area contributed by atoms with Crippen LogP contribution in [0.15, 0.2) is 60.7 Å². The van der Waals surface area contributed by atoms with Gasteiger partial charge in [0.1, 0.15) is 0 Å². The van der Waals surface area contributed by atoms with E-state index in [1.54, 1.807) is 18.2 Å². The highest BCUT2D eigenvalue weighted by Crippen LogP contribution is 2.39. The molecule has 2 unspecified atom stereocenters. The molecule has 0 saturated heterocycles. The highest BCUT2D eigenvalue weighted by atomic mass is 35.5. The number of carbonyl (C=O) groups is 1. The lowest BCUT2D eigenvalue weighted by Gasteiger charge is -2.12. The molecule has 3 aromatic carbocycles. The number of ketones is 1. The van der Waals surface area contributed by atoms with Crippen molar-refractivity contribution in [2.24, 2.45) is 0 Å². The first-order chi connectivity index (χ1) is 12.5. The van der Waals surface area contributed by atoms with Crippen LogP contribution in [0.25, 0.3) is 10.8 Å². The highest BCUT2D eigenvalue weighted by molar-refractivity contribution is 7.82. The zero-order valence-electron chi connectivity index (χ0n) is 13.5. The number of carbonyl (C=O) groups excluding carboxylic acids is 1. The number of nitrogens with one attached hydrogen (secondary N) is 1. The van der Waals surface area contributed by atoms with Crippen molar-refractivity contribution in [1.29, 1.82) is 5.41 Å². The van der Waals surface area contributed by atoms with Crippen LogP contribution >= 0.6 is 35.4 Å². The van der Waals surface area contributed by atoms with Gasteiger partial charge in [-0.3, -0.25) is 4.79 Å². The third-order valence-corrected chi connectivity index (χ3v) is 5.96. The molecule has 0 bridgehead atoms. The molecule has 0 spiro atoms. The molecule has 26 heavy (non-hydrogen) atoms. The van der Waals surface area contributed by atoms with Gasteiger partial charge in [0.25, 0.3) is 0 Å². The van der Waals surface area contributed by atoms with E-state index in [9.17, 15) is 4.79 Å². The van der Waals surface area contributed by atoms with Gasteiger partial charge in [0.15, 0.2) is 5.78 Å². The number of Topliss-reactive ketones (excluding diaryl/α,β-unsaturated/α-hetero) is 1. The second-order valence-corrected chi connectivity index (χ2v) is 7.58. The summed E-state index contributed by atoms with van der Waals surface area (Å²) in [5.74, 6) is -1.37. The Balaban J connectivity index is 1.77. The summed E-state index contributed by atoms with van der Waals surface area (Å²) in [5.41, 5.74) is 1.67. The lowest BCUT2D eigenvalue weighted by atomic mass is 9.90. The first kappa shape index (κ1) is 17.3. The number of rotatable bonds is 2. The summed E-state index contributed by atoms with van der Waals surface area (Å²) in [6.07, 6.45) is 0. The Bertz CT molecular complexity index is 1090. The van der Waals surface area contributed by atoms with Crippen LogP contribution < -0.4 is 0 Å². The maximum Gasteiger partial charge on any atom is 0.159 e. The summed E-state index contributed by atoms with van der Waals surface area (Å²) < 4.78 is 0. The van der Waals surface area contributed by atoms with E-state index in [0.29, 0.717) is 20.5 Å². The normalized spacial score (nSPS) is 20.2. The number of hydrogen-bond acceptors (Lipinski definition) is 3. The second-order valence-electron chi connectivity index (χ2n) is 6.33. The SMILES string of the molecule is N=C1C(=S)C(c2ccc(Cl)c(Cl)c2)C(=O)C1c1ccc2ccccc2c1. The topological polar surface area (TPSA) is 40.9 Å². The van der Waals surface area contributed by atoms with E-state index in [4.69, 9.17) is 40.8 Å². The maximum absolute atomic E-state index is 13.2. The predicted molar refractivity (Wildman–Crippen MR) is 111 cm³/mol. The van der Waals surface area contributed by atoms with Gasteiger partial charge in [-0.15, -0.1) is 0 Å². The van der Waals surface area contributed by atoms with Crippen LogP contribution in [0.4, 0.5) is 0 Å². The van der Waals surface area contributed by atoms with Crippen LogP contribution in [0.2, 0.25) is 10.0 Å². The third kappa shape index (κ3) is 2.77. The van der Waals surface area contributed by atoms with Gasteiger partial charge in [0.05, 0.1) is 32.5 Å². The number of benzene rings is 3. The minimum absolute atomic E-state index is 0.0892. The van der Waals surface area contributed by atoms with Crippen LogP contribution in [0.1, 0.15) is 23.0 Å². The monoisotopic (exact) mass is 397 g/mol. The van der Waals surface area contributed by atoms with Crippen molar-refractivity contribution in [3.8, 4) is 0 Å². The van der Waals surface area contributed by atoms with Gasteiger partial charge in [-0.05, 0) is 34.0 Å². The molecule has 2 nitrogen and oxygen atoms in total. The molecular formula is C21H13Cl2NOS. The fourth-order valence-corrected chi connectivity index (χ4v) is 4.14. The summed E-state index contributed by atoms with van der Waals surface area (Å²) in [6, 6.07) is 18.8. The summed E-state index contributed by atoms with van der Waals surface area (Å²) in [5, 5.41) is 11.4. The van der Waals surface area contributed by atoms with Crippen molar-refractivity contribution in [2.75, 3.05) is 0 Å². The van der Waals surface area contributed by atoms with Crippen molar-refractivity contribution in [2.45, 2.75) is 11.8 Å². The molecule has 4 rings (SSSR count). The van der Waals surface area contributed by atoms with Crippen molar-refractivity contribution in [1.82, 2.24) is 0 Å². The molecule has 1 N–H and O–H groups in total. The quantitative estimate of drug-likeness (QED) is 0.539. The van der Waals surface area contributed by atoms with E-state index in [2.05, 4.69) is 0 Å². The smallest absolute Gasteiger partial charge is 0.159 e. The second kappa shape index (κ2) is 6.58. The molecule has 0 heterocycles. The Labute approximate surface area is 166 Å². The van der Waals surface area contributed by atoms with E-state index >= 15 is 0 Å². The lowest BCUT2D eigenvalue weighted by molar-refractivity contribution is -0.118. The Morgan fingerprint density at radius 1 is 0.808 bits per heavy atom. The van der Waals surface area contributed by atoms with Crippen molar-refractivity contribution >= 4 is 62.6 Å². The van der Waals surface area contributed by atoms with Gasteiger partial charge >= 0.3 is 0 Å². The van der Waals surface area contributed by atoms with Gasteiger partial charge in [0, 0.05) is 0 Å². The number of thiocarbonyl (C=S) groups is 1. The molecule has 2 atom stereocenters. The van der Waals surface area contributed by atoms with Gasteiger partial charge in [-0.2, -0.15) is 0 Å². The summed E-state index contributed by atoms with van der Waals surface area (Å²) >= 11 is 17.5. The van der Waals surface area contributed by atoms with Crippen LogP contribution in [-0.4, -0.2) is 16.4 Å². The predicted octanol–water partition coefficient (Wildman–Crippen LogP) is 5.99. The largest absolute Gasteiger partial charge is 0.303 e. The molecule has 1 aliphatic rings. The van der Waals surface area contributed by atoms with Gasteiger partial charge in [0.2, 0.25) is 0 Å². The fourth-order valence-electron chi connectivity index (χ4n) is 3.46. The van der Waals surface area contributed by atoms with Crippen LogP contribution in [0, 0.1) is 5.41 Å². The Morgan fingerprint density at radius 2 is 1.46 bits per heavy atom. The van der Waals surface area contributed by atoms with Gasteiger partial charge in [-0.25, -0.2) is 0 Å². The fraction of sp³-hybridized carbons (Fsp3) is 0.0952. The van der Waals surface area contributed by atoms with Gasteiger partial charge in [-0.1, -0.05) is 84.0 Å². The Morgan fingerprint density at radius 3 is 2.19 bits per heavy atom. The molecule has 1 aliphatic carbocycles. The minimum atomic E-state index is -0.647. The zero-order valence-corrected chi connectivity index (χ0v) is 15.8. The molecule has 0 amide bonds. The molecule has 0 aliphatic heterocycles. The van der Waals surface area contributed by atoms with E-state index < -0.39 is 11.8 Å². The van der Waals surface area contributed by atoms with Crippen molar-refractivity contribution in [3.63, 3.8) is 0 Å². The Hall–Kier alpha value is -2.07. The highest BCUT2D eigenvalue weighted by Gasteiger charge is 2.44. The molecular weight excluding hydrogens is 385 g/mol. The summed E-state index contributed by atoms with van der Waals surface area (Å²) in [4.78, 5) is 13.5. The molecule has 0 radical (unpaired) electrons. The number of hydrogen-bond donors (Lipinski definition) is 1. The first-order valence-corrected chi connectivity index (χ1v) is 9.24. The standard InChI is InChI=1S/C21H13Cl2NOS/c22-15-8-7-14(10-16(15)23)18-20(25)17(19(24)21(18)26)13-6-5-11-3-1-2-4-12(11)9-13/h1-10,17-18,24H. The third-order valence-electron chi connectivity index (χ3n) is 4.77. The Kier molecular flexibility index (Phi) is 4.39. The molecule has 1 saturated carbocycles. The summed E-state index contributed by atoms with van der Waals surface area (Å²) in [6.45, 7) is 0. The molecule has 1 fully saturated rings. The van der Waals surface area contributed by atoms with E-state index in [0.717, 1.165) is 16.3 Å². The van der Waals surface area contributed by atoms with Gasteiger partial charge < -0.3 is 5.41 Å². The van der Waals surface area contributed by atoms with Crippen molar-refractivity contribution < 1.29 is 4.79 Å². The maximum atomic E-state index is 13.2. The first-order valence-electron chi connectivity index (χ1n) is 8.07. The number of halogens is 2.